The Morgan fingerprint density at radius 1 is 1.00 bits per heavy atom. The second-order valence-corrected chi connectivity index (χ2v) is 11.2. The van der Waals surface area contributed by atoms with E-state index in [1.165, 1.54) is 5.56 Å². The van der Waals surface area contributed by atoms with Gasteiger partial charge in [0.2, 0.25) is 15.9 Å². The fourth-order valence-corrected chi connectivity index (χ4v) is 5.96. The van der Waals surface area contributed by atoms with Crippen molar-refractivity contribution < 1.29 is 17.9 Å². The molecule has 0 radical (unpaired) electrons. The molecule has 2 N–H and O–H groups in total. The molecule has 33 heavy (non-hydrogen) atoms. The summed E-state index contributed by atoms with van der Waals surface area (Å²) in [6, 6.07) is 13.1. The molecule has 1 saturated heterocycles. The van der Waals surface area contributed by atoms with E-state index in [4.69, 9.17) is 16.3 Å². The summed E-state index contributed by atoms with van der Waals surface area (Å²) in [5.41, 5.74) is 3.28. The van der Waals surface area contributed by atoms with E-state index in [-0.39, 0.29) is 29.2 Å². The van der Waals surface area contributed by atoms with Crippen LogP contribution in [-0.4, -0.2) is 40.6 Å². The van der Waals surface area contributed by atoms with Crippen LogP contribution >= 0.6 is 11.6 Å². The lowest BCUT2D eigenvalue weighted by molar-refractivity contribution is -0.121. The zero-order valence-electron chi connectivity index (χ0n) is 18.7. The molecule has 1 heterocycles. The van der Waals surface area contributed by atoms with Crippen molar-refractivity contribution >= 4 is 27.5 Å². The average molecular weight is 491 g/mol. The lowest BCUT2D eigenvalue weighted by atomic mass is 9.74. The van der Waals surface area contributed by atoms with E-state index >= 15 is 0 Å². The summed E-state index contributed by atoms with van der Waals surface area (Å²) in [4.78, 5) is 12.8. The summed E-state index contributed by atoms with van der Waals surface area (Å²) in [5.74, 6) is -0.178. The molecule has 2 aromatic carbocycles. The van der Waals surface area contributed by atoms with Crippen LogP contribution in [0.15, 0.2) is 47.4 Å². The third-order valence-electron chi connectivity index (χ3n) is 6.80. The van der Waals surface area contributed by atoms with Crippen molar-refractivity contribution in [2.24, 2.45) is 0 Å². The van der Waals surface area contributed by atoms with Crippen LogP contribution < -0.4 is 10.0 Å². The highest BCUT2D eigenvalue weighted by atomic mass is 35.5. The normalized spacial score (nSPS) is 17.8. The third-order valence-corrected chi connectivity index (χ3v) is 8.52. The molecular formula is C25H31ClN2O4S. The standard InChI is InChI=1S/C25H31ClN2O4S/c26-22-8-6-21(7-9-22)25(12-15-32-16-13-25)18-27-24(29)11-14-28-33(30,31)23-10-5-19-3-1-2-4-20(19)17-23/h5-10,17,28H,1-4,11-16,18H2,(H,27,29). The first kappa shape index (κ1) is 24.2. The minimum absolute atomic E-state index is 0.0578. The second kappa shape index (κ2) is 10.6. The Bertz CT molecular complexity index is 1080. The van der Waals surface area contributed by atoms with Gasteiger partial charge in [-0.25, -0.2) is 13.1 Å². The zero-order valence-corrected chi connectivity index (χ0v) is 20.3. The van der Waals surface area contributed by atoms with E-state index in [1.807, 2.05) is 30.3 Å². The molecule has 2 aliphatic rings. The first-order chi connectivity index (χ1) is 15.9. The van der Waals surface area contributed by atoms with Crippen molar-refractivity contribution in [1.29, 1.82) is 0 Å². The highest BCUT2D eigenvalue weighted by Crippen LogP contribution is 2.35. The first-order valence-corrected chi connectivity index (χ1v) is 13.5. The van der Waals surface area contributed by atoms with Gasteiger partial charge in [-0.05, 0) is 79.5 Å². The highest BCUT2D eigenvalue weighted by molar-refractivity contribution is 7.89. The van der Waals surface area contributed by atoms with Crippen molar-refractivity contribution in [3.05, 3.63) is 64.2 Å². The predicted molar refractivity (Wildman–Crippen MR) is 129 cm³/mol. The number of ether oxygens (including phenoxy) is 1. The summed E-state index contributed by atoms with van der Waals surface area (Å²) in [5, 5.41) is 3.69. The van der Waals surface area contributed by atoms with Crippen LogP contribution in [-0.2, 0) is 37.8 Å². The Hall–Kier alpha value is -1.93. The van der Waals surface area contributed by atoms with Gasteiger partial charge in [0.25, 0.3) is 0 Å². The Morgan fingerprint density at radius 3 is 2.42 bits per heavy atom. The molecule has 6 nitrogen and oxygen atoms in total. The molecule has 1 amide bonds. The van der Waals surface area contributed by atoms with Gasteiger partial charge in [-0.1, -0.05) is 29.8 Å². The van der Waals surface area contributed by atoms with E-state index in [1.54, 1.807) is 12.1 Å². The highest BCUT2D eigenvalue weighted by Gasteiger charge is 2.34. The summed E-state index contributed by atoms with van der Waals surface area (Å²) in [7, 11) is -3.64. The van der Waals surface area contributed by atoms with Gasteiger partial charge in [-0.3, -0.25) is 4.79 Å². The van der Waals surface area contributed by atoms with E-state index in [9.17, 15) is 13.2 Å². The van der Waals surface area contributed by atoms with Gasteiger partial charge in [-0.15, -0.1) is 0 Å². The van der Waals surface area contributed by atoms with Gasteiger partial charge in [0.1, 0.15) is 0 Å². The van der Waals surface area contributed by atoms with Crippen molar-refractivity contribution in [3.8, 4) is 0 Å². The number of nitrogens with one attached hydrogen (secondary N) is 2. The van der Waals surface area contributed by atoms with Gasteiger partial charge in [0.15, 0.2) is 0 Å². The monoisotopic (exact) mass is 490 g/mol. The topological polar surface area (TPSA) is 84.5 Å². The van der Waals surface area contributed by atoms with Crippen molar-refractivity contribution in [3.63, 3.8) is 0 Å². The Morgan fingerprint density at radius 2 is 1.70 bits per heavy atom. The van der Waals surface area contributed by atoms with Gasteiger partial charge in [-0.2, -0.15) is 0 Å². The van der Waals surface area contributed by atoms with Crippen LogP contribution in [0.5, 0.6) is 0 Å². The minimum Gasteiger partial charge on any atom is -0.381 e. The molecule has 8 heteroatoms. The summed E-state index contributed by atoms with van der Waals surface area (Å²) < 4.78 is 33.5. The van der Waals surface area contributed by atoms with Crippen LogP contribution in [0.4, 0.5) is 0 Å². The number of aryl methyl sites for hydroxylation is 2. The quantitative estimate of drug-likeness (QED) is 0.590. The number of amides is 1. The minimum atomic E-state index is -3.64. The molecule has 0 saturated carbocycles. The lowest BCUT2D eigenvalue weighted by Crippen LogP contribution is -2.45. The summed E-state index contributed by atoms with van der Waals surface area (Å²) in [6.07, 6.45) is 5.86. The predicted octanol–water partition coefficient (Wildman–Crippen LogP) is 3.75. The van der Waals surface area contributed by atoms with Crippen LogP contribution in [0.25, 0.3) is 0 Å². The number of fused-ring (bicyclic) bond motifs is 1. The lowest BCUT2D eigenvalue weighted by Gasteiger charge is -2.38. The fraction of sp³-hybridized carbons (Fsp3) is 0.480. The fourth-order valence-electron chi connectivity index (χ4n) is 4.75. The average Bonchev–Trinajstić information content (AvgIpc) is 2.83. The summed E-state index contributed by atoms with van der Waals surface area (Å²) in [6.45, 7) is 1.81. The molecule has 0 unspecified atom stereocenters. The molecule has 1 aliphatic heterocycles. The number of rotatable bonds is 8. The van der Waals surface area contributed by atoms with E-state index < -0.39 is 10.0 Å². The molecule has 0 aromatic heterocycles. The van der Waals surface area contributed by atoms with E-state index in [0.29, 0.717) is 24.8 Å². The number of sulfonamides is 1. The van der Waals surface area contributed by atoms with Gasteiger partial charge < -0.3 is 10.1 Å². The van der Waals surface area contributed by atoms with Gasteiger partial charge in [0.05, 0.1) is 4.90 Å². The van der Waals surface area contributed by atoms with Crippen molar-refractivity contribution in [2.75, 3.05) is 26.3 Å². The number of halogens is 1. The molecule has 0 spiro atoms. The molecule has 4 rings (SSSR count). The number of benzene rings is 2. The maximum atomic E-state index is 12.7. The first-order valence-electron chi connectivity index (χ1n) is 11.6. The largest absolute Gasteiger partial charge is 0.381 e. The molecule has 178 valence electrons. The molecule has 1 aliphatic carbocycles. The van der Waals surface area contributed by atoms with Crippen LogP contribution in [0.1, 0.15) is 48.8 Å². The Labute approximate surface area is 201 Å². The number of carbonyl (C=O) groups is 1. The zero-order chi connectivity index (χ0) is 23.3. The van der Waals surface area contributed by atoms with Crippen LogP contribution in [0, 0.1) is 0 Å². The van der Waals surface area contributed by atoms with E-state index in [0.717, 1.165) is 49.7 Å². The number of carbonyl (C=O) groups excluding carboxylic acids is 1. The molecular weight excluding hydrogens is 460 g/mol. The SMILES string of the molecule is O=C(CCNS(=O)(=O)c1ccc2c(c1)CCCC2)NCC1(c2ccc(Cl)cc2)CCOCC1. The van der Waals surface area contributed by atoms with Gasteiger partial charge in [0, 0.05) is 43.2 Å². The Balaban J connectivity index is 1.31. The maximum Gasteiger partial charge on any atom is 0.240 e. The molecule has 2 aromatic rings. The third kappa shape index (κ3) is 5.96. The molecule has 1 fully saturated rings. The molecule has 0 atom stereocenters. The van der Waals surface area contributed by atoms with Crippen molar-refractivity contribution in [2.45, 2.75) is 55.3 Å². The Kier molecular flexibility index (Phi) is 7.74. The van der Waals surface area contributed by atoms with Crippen LogP contribution in [0.2, 0.25) is 5.02 Å². The van der Waals surface area contributed by atoms with Crippen LogP contribution in [0.3, 0.4) is 0 Å². The summed E-state index contributed by atoms with van der Waals surface area (Å²) >= 11 is 6.05. The maximum absolute atomic E-state index is 12.7. The van der Waals surface area contributed by atoms with E-state index in [2.05, 4.69) is 10.0 Å². The number of hydrogen-bond donors (Lipinski definition) is 2. The smallest absolute Gasteiger partial charge is 0.240 e. The van der Waals surface area contributed by atoms with Crippen molar-refractivity contribution in [1.82, 2.24) is 10.0 Å². The molecule has 0 bridgehead atoms. The second-order valence-electron chi connectivity index (χ2n) is 8.96. The number of hydrogen-bond acceptors (Lipinski definition) is 4. The van der Waals surface area contributed by atoms with Gasteiger partial charge >= 0.3 is 0 Å².